The van der Waals surface area contributed by atoms with E-state index < -0.39 is 41.8 Å². The predicted octanol–water partition coefficient (Wildman–Crippen LogP) is 1.47. The van der Waals surface area contributed by atoms with E-state index in [0.717, 1.165) is 60.4 Å². The molecule has 0 amide bonds. The summed E-state index contributed by atoms with van der Waals surface area (Å²) in [6.07, 6.45) is -0.229. The Morgan fingerprint density at radius 2 is 0.922 bits per heavy atom. The summed E-state index contributed by atoms with van der Waals surface area (Å²) < 4.78 is 35.5. The van der Waals surface area contributed by atoms with Gasteiger partial charge in [0, 0.05) is 18.8 Å². The van der Waals surface area contributed by atoms with Crippen molar-refractivity contribution in [1.82, 2.24) is 0 Å². The number of quaternary nitrogens is 2. The van der Waals surface area contributed by atoms with E-state index in [4.69, 9.17) is 28.4 Å². The molecule has 0 radical (unpaired) electrons. The number of carbonyl (C=O) groups excluding carboxylic acids is 2. The Morgan fingerprint density at radius 1 is 0.569 bits per heavy atom. The Labute approximate surface area is 307 Å². The first-order chi connectivity index (χ1) is 24.3. The van der Waals surface area contributed by atoms with Crippen LogP contribution in [0.1, 0.15) is 54.4 Å². The lowest BCUT2D eigenvalue weighted by molar-refractivity contribution is -0.926. The van der Waals surface area contributed by atoms with Crippen LogP contribution in [0.5, 0.6) is 0 Å². The van der Waals surface area contributed by atoms with Crippen molar-refractivity contribution in [3.63, 3.8) is 0 Å². The van der Waals surface area contributed by atoms with Gasteiger partial charge in [-0.15, -0.1) is 0 Å². The number of carbonyl (C=O) groups is 2. The summed E-state index contributed by atoms with van der Waals surface area (Å²) in [5.74, 6) is -1.33. The van der Waals surface area contributed by atoms with Crippen molar-refractivity contribution in [2.24, 2.45) is 5.41 Å². The molecule has 0 aromatic carbocycles. The molecular formula is C37H72N2O12+2. The Bertz CT molecular complexity index is 892. The van der Waals surface area contributed by atoms with Gasteiger partial charge in [-0.05, 0) is 54.4 Å². The third-order valence-electron chi connectivity index (χ3n) is 9.78. The van der Waals surface area contributed by atoms with Gasteiger partial charge in [-0.1, -0.05) is 13.2 Å². The van der Waals surface area contributed by atoms with Crippen LogP contribution in [-0.4, -0.2) is 184 Å². The fraction of sp³-hybridized carbons (Fsp3) is 0.838. The molecule has 0 fully saturated rings. The summed E-state index contributed by atoms with van der Waals surface area (Å²) in [6.45, 7) is 25.7. The number of aliphatic hydroxyl groups is 4. The quantitative estimate of drug-likeness (QED) is 0.0326. The van der Waals surface area contributed by atoms with Gasteiger partial charge in [-0.3, -0.25) is 0 Å². The van der Waals surface area contributed by atoms with Crippen LogP contribution in [0, 0.1) is 5.41 Å². The molecule has 4 N–H and O–H groups in total. The van der Waals surface area contributed by atoms with Crippen LogP contribution in [0.15, 0.2) is 25.3 Å². The van der Waals surface area contributed by atoms with E-state index in [1.165, 1.54) is 0 Å². The second-order valence-corrected chi connectivity index (χ2v) is 13.5. The van der Waals surface area contributed by atoms with Gasteiger partial charge in [0.2, 0.25) is 0 Å². The van der Waals surface area contributed by atoms with Gasteiger partial charge < -0.3 is 57.8 Å². The Morgan fingerprint density at radius 3 is 1.29 bits per heavy atom. The molecule has 0 aromatic heterocycles. The highest BCUT2D eigenvalue weighted by molar-refractivity contribution is 5.81. The number of esters is 2. The number of likely N-dealkylation sites (N-methyl/N-ethyl adjacent to an activating group) is 2. The van der Waals surface area contributed by atoms with Crippen molar-refractivity contribution in [3.8, 4) is 0 Å². The fourth-order valence-corrected chi connectivity index (χ4v) is 5.92. The molecule has 0 saturated heterocycles. The van der Waals surface area contributed by atoms with Crippen molar-refractivity contribution in [2.45, 2.75) is 78.8 Å². The number of ether oxygens (including phenoxy) is 6. The normalized spacial score (nSPS) is 15.7. The molecule has 51 heavy (non-hydrogen) atoms. The van der Waals surface area contributed by atoms with Crippen molar-refractivity contribution >= 4 is 11.9 Å². The largest absolute Gasteiger partial charge is 0.460 e. The highest BCUT2D eigenvalue weighted by atomic mass is 16.6. The zero-order valence-electron chi connectivity index (χ0n) is 32.5. The highest BCUT2D eigenvalue weighted by Gasteiger charge is 2.34. The summed E-state index contributed by atoms with van der Waals surface area (Å²) in [7, 11) is 0. The Kier molecular flexibility index (Phi) is 26.5. The van der Waals surface area contributed by atoms with Gasteiger partial charge >= 0.3 is 11.9 Å². The first-order valence-electron chi connectivity index (χ1n) is 18.6. The lowest BCUT2D eigenvalue weighted by atomic mass is 9.92. The number of hydrogen-bond donors (Lipinski definition) is 4. The SMILES string of the molecule is C=CC(=O)OCC(O)COCC(COCCCC(O)C[N+](CC)(CC)CC)(COCC(O)COC(=O)C=C)COCC(O)C[N+](CC)(CC)CC. The van der Waals surface area contributed by atoms with E-state index in [-0.39, 0.29) is 59.5 Å². The average molecular weight is 737 g/mol. The molecule has 0 bridgehead atoms. The third kappa shape index (κ3) is 20.7. The molecule has 0 heterocycles. The van der Waals surface area contributed by atoms with Crippen LogP contribution in [0.3, 0.4) is 0 Å². The van der Waals surface area contributed by atoms with E-state index in [1.54, 1.807) is 0 Å². The minimum absolute atomic E-state index is 0.0118. The summed E-state index contributed by atoms with van der Waals surface area (Å²) in [6, 6.07) is 0. The van der Waals surface area contributed by atoms with Crippen LogP contribution in [0.2, 0.25) is 0 Å². The molecule has 0 aliphatic heterocycles. The van der Waals surface area contributed by atoms with Gasteiger partial charge in [0.05, 0.1) is 90.9 Å². The average Bonchev–Trinajstić information content (AvgIpc) is 3.13. The molecule has 0 saturated carbocycles. The standard InChI is InChI=1S/C37H72N2O12/c1-9-35(44)50-25-33(42)23-48-29-37(30-49-24-34(43)26-51-36(45)10-2,28-47-22-32(41)21-39(14-6,15-7)16-8)27-46-19-17-18-31(40)20-38(11-3,12-4)13-5/h9-10,31-34,40-43H,1-2,11-30H2,3-8H3/q+2. The minimum atomic E-state index is -1.11. The lowest BCUT2D eigenvalue weighted by Crippen LogP contribution is -2.53. The Balaban J connectivity index is 5.80. The van der Waals surface area contributed by atoms with Crippen LogP contribution in [0.25, 0.3) is 0 Å². The van der Waals surface area contributed by atoms with Gasteiger partial charge in [-0.2, -0.15) is 0 Å². The van der Waals surface area contributed by atoms with Crippen LogP contribution in [-0.2, 0) is 38.0 Å². The second kappa shape index (κ2) is 27.6. The molecule has 4 atom stereocenters. The van der Waals surface area contributed by atoms with E-state index in [9.17, 15) is 30.0 Å². The van der Waals surface area contributed by atoms with E-state index in [1.807, 2.05) is 0 Å². The van der Waals surface area contributed by atoms with Gasteiger partial charge in [0.1, 0.15) is 50.7 Å². The zero-order valence-corrected chi connectivity index (χ0v) is 32.5. The van der Waals surface area contributed by atoms with Crippen molar-refractivity contribution < 1.29 is 67.4 Å². The zero-order chi connectivity index (χ0) is 38.8. The fourth-order valence-electron chi connectivity index (χ4n) is 5.92. The topological polar surface area (TPSA) is 170 Å². The van der Waals surface area contributed by atoms with Crippen molar-refractivity contribution in [2.75, 3.05) is 118 Å². The predicted molar refractivity (Wildman–Crippen MR) is 195 cm³/mol. The first-order valence-corrected chi connectivity index (χ1v) is 18.6. The van der Waals surface area contributed by atoms with E-state index in [2.05, 4.69) is 54.7 Å². The molecule has 0 aliphatic rings. The maximum absolute atomic E-state index is 11.4. The summed E-state index contributed by atoms with van der Waals surface area (Å²) in [5, 5.41) is 42.4. The molecule has 0 rings (SSSR count). The lowest BCUT2D eigenvalue weighted by Gasteiger charge is -2.38. The first kappa shape index (κ1) is 49.0. The number of nitrogens with zero attached hydrogens (tertiary/aromatic N) is 2. The molecule has 0 aliphatic carbocycles. The van der Waals surface area contributed by atoms with E-state index in [0.29, 0.717) is 32.5 Å². The molecule has 14 nitrogen and oxygen atoms in total. The second-order valence-electron chi connectivity index (χ2n) is 13.5. The van der Waals surface area contributed by atoms with E-state index >= 15 is 0 Å². The molecule has 4 unspecified atom stereocenters. The van der Waals surface area contributed by atoms with Crippen molar-refractivity contribution in [3.05, 3.63) is 25.3 Å². The third-order valence-corrected chi connectivity index (χ3v) is 9.78. The molecule has 0 aromatic rings. The summed E-state index contributed by atoms with van der Waals surface area (Å²) in [5.41, 5.74) is -0.960. The molecule has 0 spiro atoms. The monoisotopic (exact) mass is 737 g/mol. The maximum atomic E-state index is 11.4. The van der Waals surface area contributed by atoms with Crippen LogP contribution < -0.4 is 0 Å². The molecule has 300 valence electrons. The minimum Gasteiger partial charge on any atom is -0.460 e. The highest BCUT2D eigenvalue weighted by Crippen LogP contribution is 2.22. The van der Waals surface area contributed by atoms with Gasteiger partial charge in [-0.25, -0.2) is 9.59 Å². The Hall–Kier alpha value is -1.98. The van der Waals surface area contributed by atoms with Gasteiger partial charge in [0.25, 0.3) is 0 Å². The number of hydrogen-bond acceptors (Lipinski definition) is 12. The number of rotatable bonds is 34. The summed E-state index contributed by atoms with van der Waals surface area (Å²) in [4.78, 5) is 22.9. The van der Waals surface area contributed by atoms with Crippen LogP contribution in [0.4, 0.5) is 0 Å². The summed E-state index contributed by atoms with van der Waals surface area (Å²) >= 11 is 0. The maximum Gasteiger partial charge on any atom is 0.330 e. The van der Waals surface area contributed by atoms with Crippen molar-refractivity contribution in [1.29, 1.82) is 0 Å². The number of aliphatic hydroxyl groups excluding tert-OH is 4. The van der Waals surface area contributed by atoms with Crippen LogP contribution >= 0.6 is 0 Å². The molecular weight excluding hydrogens is 664 g/mol. The molecule has 14 heteroatoms. The van der Waals surface area contributed by atoms with Gasteiger partial charge in [0.15, 0.2) is 0 Å². The smallest absolute Gasteiger partial charge is 0.330 e.